The molecule has 0 radical (unpaired) electrons. The number of aryl methyl sites for hydroxylation is 2. The zero-order valence-electron chi connectivity index (χ0n) is 16.5. The molecule has 0 fully saturated rings. The highest BCUT2D eigenvalue weighted by atomic mass is 79.9. The molecule has 0 unspecified atom stereocenters. The van der Waals surface area contributed by atoms with Crippen molar-refractivity contribution in [2.75, 3.05) is 16.6 Å². The zero-order valence-corrected chi connectivity index (χ0v) is 18.9. The van der Waals surface area contributed by atoms with Crippen molar-refractivity contribution in [3.05, 3.63) is 82.3 Å². The Morgan fingerprint density at radius 1 is 0.933 bits per heavy atom. The van der Waals surface area contributed by atoms with Gasteiger partial charge < -0.3 is 10.1 Å². The fourth-order valence-electron chi connectivity index (χ4n) is 2.90. The van der Waals surface area contributed by atoms with E-state index >= 15 is 0 Å². The molecule has 0 spiro atoms. The second-order valence-corrected chi connectivity index (χ2v) is 9.30. The Morgan fingerprint density at radius 2 is 1.53 bits per heavy atom. The van der Waals surface area contributed by atoms with Gasteiger partial charge in [-0.25, -0.2) is 8.42 Å². The van der Waals surface area contributed by atoms with E-state index in [9.17, 15) is 13.2 Å². The first-order valence-corrected chi connectivity index (χ1v) is 11.4. The van der Waals surface area contributed by atoms with E-state index in [1.54, 1.807) is 30.3 Å². The van der Waals surface area contributed by atoms with E-state index in [-0.39, 0.29) is 17.4 Å². The van der Waals surface area contributed by atoms with Gasteiger partial charge in [0.2, 0.25) is 0 Å². The van der Waals surface area contributed by atoms with Crippen LogP contribution in [0.4, 0.5) is 11.4 Å². The molecule has 2 N–H and O–H groups in total. The number of para-hydroxylation sites is 1. The van der Waals surface area contributed by atoms with Crippen molar-refractivity contribution < 1.29 is 17.9 Å². The van der Waals surface area contributed by atoms with Gasteiger partial charge in [0.05, 0.1) is 4.90 Å². The highest BCUT2D eigenvalue weighted by Gasteiger charge is 2.14. The summed E-state index contributed by atoms with van der Waals surface area (Å²) in [5, 5.41) is 2.70. The smallest absolute Gasteiger partial charge is 0.262 e. The van der Waals surface area contributed by atoms with Gasteiger partial charge in [0.25, 0.3) is 15.9 Å². The molecule has 0 aliphatic heterocycles. The molecule has 8 heteroatoms. The quantitative estimate of drug-likeness (QED) is 0.495. The summed E-state index contributed by atoms with van der Waals surface area (Å²) in [6, 6.07) is 18.4. The highest BCUT2D eigenvalue weighted by Crippen LogP contribution is 2.27. The van der Waals surface area contributed by atoms with Gasteiger partial charge in [0, 0.05) is 15.8 Å². The fourth-order valence-corrected chi connectivity index (χ4v) is 4.64. The Balaban J connectivity index is 1.61. The van der Waals surface area contributed by atoms with Crippen LogP contribution in [0.15, 0.2) is 76.1 Å². The van der Waals surface area contributed by atoms with Gasteiger partial charge in [-0.3, -0.25) is 9.52 Å². The maximum Gasteiger partial charge on any atom is 0.262 e. The Labute approximate surface area is 184 Å². The van der Waals surface area contributed by atoms with E-state index in [0.29, 0.717) is 17.1 Å². The Hall–Kier alpha value is -2.84. The number of carbonyl (C=O) groups is 1. The van der Waals surface area contributed by atoms with Crippen molar-refractivity contribution in [3.8, 4) is 5.75 Å². The second kappa shape index (κ2) is 9.32. The van der Waals surface area contributed by atoms with Gasteiger partial charge in [-0.1, -0.05) is 34.1 Å². The van der Waals surface area contributed by atoms with Gasteiger partial charge in [-0.05, 0) is 73.5 Å². The summed E-state index contributed by atoms with van der Waals surface area (Å²) in [5.74, 6) is 0.330. The van der Waals surface area contributed by atoms with Crippen LogP contribution < -0.4 is 14.8 Å². The van der Waals surface area contributed by atoms with E-state index in [0.717, 1.165) is 15.6 Å². The lowest BCUT2D eigenvalue weighted by Crippen LogP contribution is -2.20. The topological polar surface area (TPSA) is 84.5 Å². The third-order valence-electron chi connectivity index (χ3n) is 4.25. The molecule has 0 saturated heterocycles. The lowest BCUT2D eigenvalue weighted by atomic mass is 10.1. The van der Waals surface area contributed by atoms with Crippen LogP contribution in [0, 0.1) is 13.8 Å². The van der Waals surface area contributed by atoms with Crippen LogP contribution in [-0.4, -0.2) is 20.9 Å². The first kappa shape index (κ1) is 21.9. The van der Waals surface area contributed by atoms with Crippen LogP contribution in [0.25, 0.3) is 0 Å². The summed E-state index contributed by atoms with van der Waals surface area (Å²) in [5.41, 5.74) is 2.81. The summed E-state index contributed by atoms with van der Waals surface area (Å²) >= 11 is 3.43. The molecule has 0 aliphatic carbocycles. The third-order valence-corrected chi connectivity index (χ3v) is 6.10. The number of amides is 1. The number of rotatable bonds is 7. The number of anilines is 2. The fraction of sp³-hybridized carbons (Fsp3) is 0.136. The number of carbonyl (C=O) groups excluding carboxylic acids is 1. The van der Waals surface area contributed by atoms with E-state index in [1.807, 2.05) is 26.0 Å². The van der Waals surface area contributed by atoms with E-state index in [1.165, 1.54) is 24.3 Å². The second-order valence-electron chi connectivity index (χ2n) is 6.70. The van der Waals surface area contributed by atoms with E-state index in [2.05, 4.69) is 26.0 Å². The first-order valence-electron chi connectivity index (χ1n) is 9.12. The highest BCUT2D eigenvalue weighted by molar-refractivity contribution is 9.10. The average Bonchev–Trinajstić information content (AvgIpc) is 2.68. The number of benzene rings is 3. The van der Waals surface area contributed by atoms with Crippen LogP contribution >= 0.6 is 15.9 Å². The number of hydrogen-bond acceptors (Lipinski definition) is 4. The normalized spacial score (nSPS) is 11.0. The maximum atomic E-state index is 12.5. The van der Waals surface area contributed by atoms with Gasteiger partial charge in [0.15, 0.2) is 6.61 Å². The van der Waals surface area contributed by atoms with Gasteiger partial charge in [-0.15, -0.1) is 0 Å². The minimum atomic E-state index is -3.71. The molecule has 3 rings (SSSR count). The van der Waals surface area contributed by atoms with Crippen LogP contribution in [0.5, 0.6) is 5.75 Å². The Morgan fingerprint density at radius 3 is 2.13 bits per heavy atom. The molecular weight excluding hydrogens is 468 g/mol. The SMILES string of the molecule is Cc1cc(Br)cc(C)c1OCC(=O)Nc1ccc(S(=O)(=O)Nc2ccccc2)cc1. The van der Waals surface area contributed by atoms with Crippen molar-refractivity contribution in [1.82, 2.24) is 0 Å². The zero-order chi connectivity index (χ0) is 21.7. The monoisotopic (exact) mass is 488 g/mol. The largest absolute Gasteiger partial charge is 0.483 e. The molecule has 0 saturated carbocycles. The van der Waals surface area contributed by atoms with E-state index < -0.39 is 10.0 Å². The van der Waals surface area contributed by atoms with Gasteiger partial charge in [-0.2, -0.15) is 0 Å². The Kier molecular flexibility index (Phi) is 6.79. The first-order chi connectivity index (χ1) is 14.2. The van der Waals surface area contributed by atoms with Gasteiger partial charge in [0.1, 0.15) is 5.75 Å². The number of sulfonamides is 1. The molecule has 0 aromatic heterocycles. The molecule has 0 aliphatic rings. The lowest BCUT2D eigenvalue weighted by Gasteiger charge is -2.13. The standard InChI is InChI=1S/C22H21BrN2O4S/c1-15-12-17(23)13-16(2)22(15)29-14-21(26)24-18-8-10-20(11-9-18)30(27,28)25-19-6-4-3-5-7-19/h3-13,25H,14H2,1-2H3,(H,24,26). The van der Waals surface area contributed by atoms with Crippen LogP contribution in [0.1, 0.15) is 11.1 Å². The summed E-state index contributed by atoms with van der Waals surface area (Å²) in [7, 11) is -3.71. The number of nitrogens with one attached hydrogen (secondary N) is 2. The molecule has 3 aromatic rings. The molecule has 6 nitrogen and oxygen atoms in total. The van der Waals surface area contributed by atoms with Crippen LogP contribution in [0.2, 0.25) is 0 Å². The molecule has 0 bridgehead atoms. The molecular formula is C22H21BrN2O4S. The van der Waals surface area contributed by atoms with Crippen LogP contribution in [-0.2, 0) is 14.8 Å². The van der Waals surface area contributed by atoms with Crippen molar-refractivity contribution in [3.63, 3.8) is 0 Å². The summed E-state index contributed by atoms with van der Waals surface area (Å²) < 4.78 is 34.0. The van der Waals surface area contributed by atoms with Crippen LogP contribution in [0.3, 0.4) is 0 Å². The predicted molar refractivity (Wildman–Crippen MR) is 121 cm³/mol. The summed E-state index contributed by atoms with van der Waals surface area (Å²) in [4.78, 5) is 12.3. The third kappa shape index (κ3) is 5.61. The lowest BCUT2D eigenvalue weighted by molar-refractivity contribution is -0.118. The number of ether oxygens (including phenoxy) is 1. The number of halogens is 1. The maximum absolute atomic E-state index is 12.5. The summed E-state index contributed by atoms with van der Waals surface area (Å²) in [6.07, 6.45) is 0. The minimum Gasteiger partial charge on any atom is -0.483 e. The van der Waals surface area contributed by atoms with Crippen molar-refractivity contribution in [2.24, 2.45) is 0 Å². The average molecular weight is 489 g/mol. The molecule has 156 valence electrons. The van der Waals surface area contributed by atoms with Crippen molar-refractivity contribution in [2.45, 2.75) is 18.7 Å². The van der Waals surface area contributed by atoms with Crippen molar-refractivity contribution >= 4 is 43.2 Å². The predicted octanol–water partition coefficient (Wildman–Crippen LogP) is 4.88. The summed E-state index contributed by atoms with van der Waals surface area (Å²) in [6.45, 7) is 3.67. The van der Waals surface area contributed by atoms with Gasteiger partial charge >= 0.3 is 0 Å². The Bertz CT molecular complexity index is 1120. The molecule has 3 aromatic carbocycles. The van der Waals surface area contributed by atoms with E-state index in [4.69, 9.17) is 4.74 Å². The molecule has 30 heavy (non-hydrogen) atoms. The molecule has 0 heterocycles. The molecule has 0 atom stereocenters. The van der Waals surface area contributed by atoms with Crippen molar-refractivity contribution in [1.29, 1.82) is 0 Å². The number of hydrogen-bond donors (Lipinski definition) is 2. The minimum absolute atomic E-state index is 0.0988. The molecule has 1 amide bonds.